The second-order valence-corrected chi connectivity index (χ2v) is 8.85. The van der Waals surface area contributed by atoms with Gasteiger partial charge in [-0.2, -0.15) is 0 Å². The number of hydrogen-bond donors (Lipinski definition) is 2. The first-order chi connectivity index (χ1) is 16.4. The number of aromatic nitrogens is 2. The van der Waals surface area contributed by atoms with E-state index in [1.807, 2.05) is 61.7 Å². The molecule has 0 aliphatic carbocycles. The van der Waals surface area contributed by atoms with Crippen LogP contribution in [-0.4, -0.2) is 33.2 Å². The summed E-state index contributed by atoms with van der Waals surface area (Å²) in [6.07, 6.45) is 3.14. The number of nitrogens with two attached hydrogens (primary N) is 1. The summed E-state index contributed by atoms with van der Waals surface area (Å²) < 4.78 is 0. The van der Waals surface area contributed by atoms with Crippen LogP contribution in [0, 0.1) is 13.8 Å². The van der Waals surface area contributed by atoms with E-state index in [2.05, 4.69) is 15.3 Å². The average Bonchev–Trinajstić information content (AvgIpc) is 3.27. The Kier molecular flexibility index (Phi) is 6.98. The molecular formula is C26H25N5O2S. The maximum absolute atomic E-state index is 13.3. The lowest BCUT2D eigenvalue weighted by molar-refractivity contribution is -0.117. The summed E-state index contributed by atoms with van der Waals surface area (Å²) in [4.78, 5) is 36.0. The molecule has 2 aromatic carbocycles. The van der Waals surface area contributed by atoms with Gasteiger partial charge < -0.3 is 16.0 Å². The molecule has 0 unspecified atom stereocenters. The van der Waals surface area contributed by atoms with Crippen LogP contribution in [0.4, 0.5) is 10.8 Å². The van der Waals surface area contributed by atoms with E-state index in [4.69, 9.17) is 5.73 Å². The first-order valence-corrected chi connectivity index (χ1v) is 11.6. The number of aryl methyl sites for hydroxylation is 2. The molecule has 3 N–H and O–H groups in total. The molecule has 172 valence electrons. The predicted molar refractivity (Wildman–Crippen MR) is 135 cm³/mol. The zero-order chi connectivity index (χ0) is 24.1. The van der Waals surface area contributed by atoms with Crippen molar-refractivity contribution in [1.29, 1.82) is 0 Å². The van der Waals surface area contributed by atoms with E-state index in [1.165, 1.54) is 11.3 Å². The van der Waals surface area contributed by atoms with Crippen molar-refractivity contribution in [3.63, 3.8) is 0 Å². The van der Waals surface area contributed by atoms with E-state index in [9.17, 15) is 9.59 Å². The Morgan fingerprint density at radius 1 is 1.00 bits per heavy atom. The maximum Gasteiger partial charge on any atom is 0.254 e. The normalized spacial score (nSPS) is 10.6. The van der Waals surface area contributed by atoms with Crippen LogP contribution >= 0.6 is 11.3 Å². The topological polar surface area (TPSA) is 101 Å². The molecule has 0 aliphatic rings. The maximum atomic E-state index is 13.3. The molecule has 0 fully saturated rings. The second-order valence-electron chi connectivity index (χ2n) is 7.96. The van der Waals surface area contributed by atoms with E-state index >= 15 is 0 Å². The van der Waals surface area contributed by atoms with Crippen LogP contribution in [0.1, 0.15) is 27.0 Å². The number of nitrogens with one attached hydrogen (secondary N) is 1. The van der Waals surface area contributed by atoms with Crippen LogP contribution in [0.3, 0.4) is 0 Å². The highest BCUT2D eigenvalue weighted by Crippen LogP contribution is 2.24. The summed E-state index contributed by atoms with van der Waals surface area (Å²) in [5, 5.41) is 5.29. The first-order valence-electron chi connectivity index (χ1n) is 10.8. The second kappa shape index (κ2) is 10.3. The van der Waals surface area contributed by atoms with Gasteiger partial charge in [0.15, 0.2) is 5.13 Å². The molecule has 2 aromatic heterocycles. The van der Waals surface area contributed by atoms with Gasteiger partial charge in [-0.25, -0.2) is 4.98 Å². The minimum Gasteiger partial charge on any atom is -0.375 e. The number of hydrogen-bond acceptors (Lipinski definition) is 6. The molecule has 0 radical (unpaired) electrons. The number of nitrogen functional groups attached to an aromatic ring is 1. The molecule has 4 rings (SSSR count). The highest BCUT2D eigenvalue weighted by molar-refractivity contribution is 7.13. The van der Waals surface area contributed by atoms with Crippen molar-refractivity contribution in [2.75, 3.05) is 17.6 Å². The fourth-order valence-electron chi connectivity index (χ4n) is 3.68. The van der Waals surface area contributed by atoms with Crippen molar-refractivity contribution in [2.24, 2.45) is 0 Å². The van der Waals surface area contributed by atoms with Gasteiger partial charge in [-0.15, -0.1) is 11.3 Å². The van der Waals surface area contributed by atoms with Gasteiger partial charge in [0.25, 0.3) is 5.91 Å². The van der Waals surface area contributed by atoms with E-state index in [1.54, 1.807) is 29.4 Å². The summed E-state index contributed by atoms with van der Waals surface area (Å²) in [5.41, 5.74) is 11.7. The molecule has 0 saturated carbocycles. The summed E-state index contributed by atoms with van der Waals surface area (Å²) in [6.45, 7) is 4.26. The number of amides is 2. The number of carbonyl (C=O) groups is 2. The van der Waals surface area contributed by atoms with E-state index in [0.717, 1.165) is 27.9 Å². The molecule has 0 bridgehead atoms. The predicted octanol–water partition coefficient (Wildman–Crippen LogP) is 4.69. The number of pyridine rings is 1. The fraction of sp³-hybridized carbons (Fsp3) is 0.154. The number of thiazole rings is 1. The Bertz CT molecular complexity index is 1280. The van der Waals surface area contributed by atoms with Crippen LogP contribution in [0.25, 0.3) is 11.3 Å². The van der Waals surface area contributed by atoms with E-state index in [0.29, 0.717) is 22.9 Å². The van der Waals surface area contributed by atoms with Gasteiger partial charge in [0, 0.05) is 41.1 Å². The number of anilines is 2. The van der Waals surface area contributed by atoms with Crippen LogP contribution in [0.2, 0.25) is 0 Å². The molecular weight excluding hydrogens is 446 g/mol. The summed E-state index contributed by atoms with van der Waals surface area (Å²) in [5.74, 6) is -0.504. The zero-order valence-corrected chi connectivity index (χ0v) is 19.8. The SMILES string of the molecule is Cc1cccc(C)c1CN(CC(=O)Nc1ccc(-c2csc(N)n2)cc1)C(=O)c1ccncc1. The molecule has 0 atom stereocenters. The van der Waals surface area contributed by atoms with Crippen molar-refractivity contribution in [2.45, 2.75) is 20.4 Å². The highest BCUT2D eigenvalue weighted by Gasteiger charge is 2.21. The molecule has 8 heteroatoms. The Balaban J connectivity index is 1.51. The number of rotatable bonds is 7. The van der Waals surface area contributed by atoms with Gasteiger partial charge in [0.2, 0.25) is 5.91 Å². The number of benzene rings is 2. The van der Waals surface area contributed by atoms with Gasteiger partial charge in [0.05, 0.1) is 5.69 Å². The lowest BCUT2D eigenvalue weighted by Crippen LogP contribution is -2.38. The highest BCUT2D eigenvalue weighted by atomic mass is 32.1. The minimum absolute atomic E-state index is 0.0840. The van der Waals surface area contributed by atoms with Crippen molar-refractivity contribution in [3.8, 4) is 11.3 Å². The van der Waals surface area contributed by atoms with Gasteiger partial charge in [-0.3, -0.25) is 14.6 Å². The van der Waals surface area contributed by atoms with Crippen molar-refractivity contribution in [3.05, 3.63) is 94.6 Å². The Labute approximate surface area is 202 Å². The quantitative estimate of drug-likeness (QED) is 0.407. The standard InChI is InChI=1S/C26H25N5O2S/c1-17-4-3-5-18(2)22(17)14-31(25(33)20-10-12-28-13-11-20)15-24(32)29-21-8-6-19(7-9-21)23-16-34-26(27)30-23/h3-13,16H,14-15H2,1-2H3,(H2,27,30)(H,29,32). The fourth-order valence-corrected chi connectivity index (χ4v) is 4.26. The molecule has 34 heavy (non-hydrogen) atoms. The van der Waals surface area contributed by atoms with Gasteiger partial charge in [-0.1, -0.05) is 30.3 Å². The molecule has 2 amide bonds. The van der Waals surface area contributed by atoms with Crippen molar-refractivity contribution >= 4 is 34.0 Å². The smallest absolute Gasteiger partial charge is 0.254 e. The van der Waals surface area contributed by atoms with E-state index in [-0.39, 0.29) is 18.4 Å². The third kappa shape index (κ3) is 5.47. The monoisotopic (exact) mass is 471 g/mol. The summed E-state index contributed by atoms with van der Waals surface area (Å²) in [6, 6.07) is 16.7. The van der Waals surface area contributed by atoms with Crippen molar-refractivity contribution in [1.82, 2.24) is 14.9 Å². The average molecular weight is 472 g/mol. The van der Waals surface area contributed by atoms with Crippen LogP contribution in [-0.2, 0) is 11.3 Å². The molecule has 0 saturated heterocycles. The van der Waals surface area contributed by atoms with Crippen LogP contribution in [0.5, 0.6) is 0 Å². The molecule has 0 aliphatic heterocycles. The Morgan fingerprint density at radius 3 is 2.29 bits per heavy atom. The molecule has 2 heterocycles. The third-order valence-corrected chi connectivity index (χ3v) is 6.20. The molecule has 4 aromatic rings. The van der Waals surface area contributed by atoms with E-state index < -0.39 is 0 Å². The third-order valence-electron chi connectivity index (χ3n) is 5.53. The summed E-state index contributed by atoms with van der Waals surface area (Å²) in [7, 11) is 0. The lowest BCUT2D eigenvalue weighted by atomic mass is 10.0. The van der Waals surface area contributed by atoms with Crippen LogP contribution in [0.15, 0.2) is 72.4 Å². The van der Waals surface area contributed by atoms with Gasteiger partial charge >= 0.3 is 0 Å². The first kappa shape index (κ1) is 23.1. The van der Waals surface area contributed by atoms with Gasteiger partial charge in [-0.05, 0) is 54.8 Å². The largest absolute Gasteiger partial charge is 0.375 e. The minimum atomic E-state index is -0.278. The van der Waals surface area contributed by atoms with Crippen LogP contribution < -0.4 is 11.1 Å². The van der Waals surface area contributed by atoms with Crippen molar-refractivity contribution < 1.29 is 9.59 Å². The lowest BCUT2D eigenvalue weighted by Gasteiger charge is -2.24. The molecule has 0 spiro atoms. The Hall–Kier alpha value is -4.04. The number of nitrogens with zero attached hydrogens (tertiary/aromatic N) is 3. The van der Waals surface area contributed by atoms with Gasteiger partial charge in [0.1, 0.15) is 6.54 Å². The number of carbonyl (C=O) groups excluding carboxylic acids is 2. The zero-order valence-electron chi connectivity index (χ0n) is 19.0. The molecule has 7 nitrogen and oxygen atoms in total. The Morgan fingerprint density at radius 2 is 1.68 bits per heavy atom. The summed E-state index contributed by atoms with van der Waals surface area (Å²) >= 11 is 1.38.